The van der Waals surface area contributed by atoms with Gasteiger partial charge in [0.2, 0.25) is 0 Å². The van der Waals surface area contributed by atoms with E-state index in [9.17, 15) is 13.6 Å². The van der Waals surface area contributed by atoms with Crippen molar-refractivity contribution in [2.24, 2.45) is 0 Å². The molecule has 0 fully saturated rings. The number of alkyl halides is 2. The normalized spacial score (nSPS) is 12.2. The van der Waals surface area contributed by atoms with Crippen LogP contribution in [0, 0.1) is 0 Å². The Morgan fingerprint density at radius 1 is 1.21 bits per heavy atom. The van der Waals surface area contributed by atoms with Crippen molar-refractivity contribution in [3.8, 4) is 11.5 Å². The lowest BCUT2D eigenvalue weighted by Gasteiger charge is -2.23. The number of nitrogens with zero attached hydrogens (tertiary/aromatic N) is 2. The molecule has 1 heterocycles. The van der Waals surface area contributed by atoms with Crippen LogP contribution in [0.3, 0.4) is 0 Å². The van der Waals surface area contributed by atoms with Crippen LogP contribution in [0.25, 0.3) is 10.2 Å². The maximum absolute atomic E-state index is 12.9. The first-order valence-electron chi connectivity index (χ1n) is 8.75. The summed E-state index contributed by atoms with van der Waals surface area (Å²) in [6, 6.07) is 11.7. The monoisotopic (exact) mass is 406 g/mol. The molecule has 3 rings (SSSR count). The minimum absolute atomic E-state index is 0.102. The molecule has 2 aromatic carbocycles. The minimum atomic E-state index is -2.97. The fourth-order valence-corrected chi connectivity index (χ4v) is 3.78. The number of carbonyl (C=O) groups is 1. The molecule has 148 valence electrons. The van der Waals surface area contributed by atoms with E-state index < -0.39 is 6.61 Å². The molecule has 1 amide bonds. The summed E-state index contributed by atoms with van der Waals surface area (Å²) in [5.41, 5.74) is 1.21. The molecule has 0 saturated heterocycles. The molecule has 28 heavy (non-hydrogen) atoms. The first kappa shape index (κ1) is 20.0. The van der Waals surface area contributed by atoms with E-state index >= 15 is 0 Å². The molecule has 5 nitrogen and oxygen atoms in total. The van der Waals surface area contributed by atoms with Gasteiger partial charge in [0.15, 0.2) is 11.5 Å². The number of halogens is 2. The van der Waals surface area contributed by atoms with Gasteiger partial charge in [0.25, 0.3) is 5.91 Å². The third-order valence-corrected chi connectivity index (χ3v) is 5.48. The molecule has 0 radical (unpaired) electrons. The van der Waals surface area contributed by atoms with Gasteiger partial charge in [0, 0.05) is 12.6 Å². The van der Waals surface area contributed by atoms with Gasteiger partial charge in [-0.25, -0.2) is 4.98 Å². The van der Waals surface area contributed by atoms with Gasteiger partial charge in [0.05, 0.1) is 22.9 Å². The predicted octanol–water partition coefficient (Wildman–Crippen LogP) is 5.13. The summed E-state index contributed by atoms with van der Waals surface area (Å²) in [5.74, 6) is -0.263. The summed E-state index contributed by atoms with van der Waals surface area (Å²) < 4.78 is 36.0. The Labute approximate surface area is 165 Å². The van der Waals surface area contributed by atoms with Crippen molar-refractivity contribution in [2.75, 3.05) is 13.7 Å². The Morgan fingerprint density at radius 3 is 2.64 bits per heavy atom. The Hall–Kier alpha value is -2.74. The van der Waals surface area contributed by atoms with Crippen LogP contribution in [0.2, 0.25) is 0 Å². The minimum Gasteiger partial charge on any atom is -0.490 e. The van der Waals surface area contributed by atoms with Crippen LogP contribution in [-0.2, 0) is 0 Å². The second-order valence-electron chi connectivity index (χ2n) is 6.08. The number of hydrogen-bond donors (Lipinski definition) is 0. The van der Waals surface area contributed by atoms with Crippen molar-refractivity contribution >= 4 is 27.5 Å². The maximum Gasteiger partial charge on any atom is 0.387 e. The van der Waals surface area contributed by atoms with E-state index in [1.807, 2.05) is 31.2 Å². The van der Waals surface area contributed by atoms with Gasteiger partial charge in [-0.15, -0.1) is 11.3 Å². The molecule has 0 N–H and O–H groups in total. The Kier molecular flexibility index (Phi) is 6.08. The summed E-state index contributed by atoms with van der Waals surface area (Å²) in [6.45, 7) is 0.910. The van der Waals surface area contributed by atoms with E-state index in [0.717, 1.165) is 15.2 Å². The summed E-state index contributed by atoms with van der Waals surface area (Å²) in [4.78, 5) is 19.1. The van der Waals surface area contributed by atoms with E-state index in [0.29, 0.717) is 5.56 Å². The smallest absolute Gasteiger partial charge is 0.387 e. The van der Waals surface area contributed by atoms with Crippen molar-refractivity contribution in [3.05, 3.63) is 53.0 Å². The van der Waals surface area contributed by atoms with Gasteiger partial charge in [-0.1, -0.05) is 12.1 Å². The number of thiazole rings is 1. The van der Waals surface area contributed by atoms with Gasteiger partial charge in [-0.2, -0.15) is 8.78 Å². The molecule has 1 atom stereocenters. The Morgan fingerprint density at radius 2 is 1.96 bits per heavy atom. The van der Waals surface area contributed by atoms with Crippen molar-refractivity contribution in [2.45, 2.75) is 26.5 Å². The molecule has 0 bridgehead atoms. The van der Waals surface area contributed by atoms with Crippen LogP contribution in [0.5, 0.6) is 11.5 Å². The lowest BCUT2D eigenvalue weighted by molar-refractivity contribution is -0.0514. The van der Waals surface area contributed by atoms with E-state index in [1.165, 1.54) is 29.5 Å². The predicted molar refractivity (Wildman–Crippen MR) is 104 cm³/mol. The lowest BCUT2D eigenvalue weighted by Crippen LogP contribution is -2.29. The average Bonchev–Trinajstić information content (AvgIpc) is 3.11. The molecule has 8 heteroatoms. The molecule has 1 aromatic heterocycles. The molecule has 0 aliphatic carbocycles. The van der Waals surface area contributed by atoms with E-state index in [1.54, 1.807) is 18.9 Å². The van der Waals surface area contributed by atoms with Crippen molar-refractivity contribution in [1.82, 2.24) is 9.88 Å². The highest BCUT2D eigenvalue weighted by Gasteiger charge is 2.23. The molecule has 0 saturated carbocycles. The molecule has 0 aliphatic rings. The lowest BCUT2D eigenvalue weighted by atomic mass is 10.1. The fourth-order valence-electron chi connectivity index (χ4n) is 2.72. The second kappa shape index (κ2) is 8.52. The fraction of sp³-hybridized carbons (Fsp3) is 0.300. The zero-order valence-corrected chi connectivity index (χ0v) is 16.5. The van der Waals surface area contributed by atoms with E-state index in [2.05, 4.69) is 9.72 Å². The van der Waals surface area contributed by atoms with E-state index in [4.69, 9.17) is 4.74 Å². The molecular weight excluding hydrogens is 386 g/mol. The van der Waals surface area contributed by atoms with Crippen LogP contribution in [0.4, 0.5) is 8.78 Å². The maximum atomic E-state index is 12.9. The first-order chi connectivity index (χ1) is 13.4. The van der Waals surface area contributed by atoms with Gasteiger partial charge in [-0.05, 0) is 44.2 Å². The average molecular weight is 406 g/mol. The van der Waals surface area contributed by atoms with Crippen molar-refractivity contribution in [3.63, 3.8) is 0 Å². The summed E-state index contributed by atoms with van der Waals surface area (Å²) in [7, 11) is 1.68. The largest absolute Gasteiger partial charge is 0.490 e. The van der Waals surface area contributed by atoms with Crippen LogP contribution in [0.1, 0.15) is 35.3 Å². The number of amides is 1. The number of benzene rings is 2. The standard InChI is InChI=1S/C20H20F2N2O3S/c1-4-26-16-11-13(9-10-15(16)27-20(21)22)19(25)24(3)12(2)18-23-14-7-5-6-8-17(14)28-18/h5-12,20H,4H2,1-3H3/t12-/m1/s1. The third kappa shape index (κ3) is 4.22. The van der Waals surface area contributed by atoms with Gasteiger partial charge < -0.3 is 14.4 Å². The van der Waals surface area contributed by atoms with Crippen molar-refractivity contribution in [1.29, 1.82) is 0 Å². The van der Waals surface area contributed by atoms with Crippen molar-refractivity contribution < 1.29 is 23.0 Å². The number of rotatable bonds is 7. The highest BCUT2D eigenvalue weighted by atomic mass is 32.1. The number of fused-ring (bicyclic) bond motifs is 1. The Balaban J connectivity index is 1.84. The molecular formula is C20H20F2N2O3S. The number of ether oxygens (including phenoxy) is 2. The molecule has 0 unspecified atom stereocenters. The SMILES string of the molecule is CCOc1cc(C(=O)N(C)[C@H](C)c2nc3ccccc3s2)ccc1OC(F)F. The highest BCUT2D eigenvalue weighted by molar-refractivity contribution is 7.18. The summed E-state index contributed by atoms with van der Waals surface area (Å²) >= 11 is 1.53. The van der Waals surface area contributed by atoms with Crippen LogP contribution in [-0.4, -0.2) is 36.1 Å². The number of carbonyl (C=O) groups excluding carboxylic acids is 1. The second-order valence-corrected chi connectivity index (χ2v) is 7.15. The highest BCUT2D eigenvalue weighted by Crippen LogP contribution is 2.32. The van der Waals surface area contributed by atoms with Crippen LogP contribution >= 0.6 is 11.3 Å². The number of hydrogen-bond acceptors (Lipinski definition) is 5. The topological polar surface area (TPSA) is 51.7 Å². The first-order valence-corrected chi connectivity index (χ1v) is 9.56. The zero-order chi connectivity index (χ0) is 20.3. The van der Waals surface area contributed by atoms with E-state index in [-0.39, 0.29) is 30.1 Å². The number of aromatic nitrogens is 1. The van der Waals surface area contributed by atoms with Crippen LogP contribution < -0.4 is 9.47 Å². The summed E-state index contributed by atoms with van der Waals surface area (Å²) in [5, 5.41) is 0.819. The quantitative estimate of drug-likeness (QED) is 0.546. The number of para-hydroxylation sites is 1. The van der Waals surface area contributed by atoms with Gasteiger partial charge in [-0.3, -0.25) is 4.79 Å². The summed E-state index contributed by atoms with van der Waals surface area (Å²) in [6.07, 6.45) is 0. The molecule has 0 aliphatic heterocycles. The van der Waals surface area contributed by atoms with Gasteiger partial charge in [0.1, 0.15) is 5.01 Å². The zero-order valence-electron chi connectivity index (χ0n) is 15.7. The third-order valence-electron chi connectivity index (χ3n) is 4.28. The van der Waals surface area contributed by atoms with Gasteiger partial charge >= 0.3 is 6.61 Å². The van der Waals surface area contributed by atoms with Crippen LogP contribution in [0.15, 0.2) is 42.5 Å². The molecule has 0 spiro atoms. The molecule has 3 aromatic rings. The Bertz CT molecular complexity index is 944.